The summed E-state index contributed by atoms with van der Waals surface area (Å²) in [6, 6.07) is 4.96. The van der Waals surface area contributed by atoms with Crippen molar-refractivity contribution in [1.29, 1.82) is 0 Å². The number of β-amino-alcohol motifs (C(OH)–C–C–N with tert-alkyl or cyclic N) is 1. The van der Waals surface area contributed by atoms with Crippen molar-refractivity contribution < 1.29 is 22.8 Å². The highest BCUT2D eigenvalue weighted by atomic mass is 19.4. The van der Waals surface area contributed by atoms with Gasteiger partial charge in [0, 0.05) is 18.5 Å². The number of aromatic nitrogens is 2. The first kappa shape index (κ1) is 16.5. The fraction of sp³-hybridized carbons (Fsp3) is 0.529. The Morgan fingerprint density at radius 2 is 2.08 bits per heavy atom. The molecular formula is C17H18F3N3O2. The number of aliphatic hydroxyl groups excluding tert-OH is 1. The molecule has 0 unspecified atom stereocenters. The molecule has 25 heavy (non-hydrogen) atoms. The molecule has 2 aliphatic rings. The zero-order chi connectivity index (χ0) is 17.6. The first-order valence-corrected chi connectivity index (χ1v) is 8.32. The summed E-state index contributed by atoms with van der Waals surface area (Å²) in [4.78, 5) is 6.26. The van der Waals surface area contributed by atoms with E-state index in [1.165, 1.54) is 6.07 Å². The number of alkyl halides is 3. The van der Waals surface area contributed by atoms with Crippen LogP contribution in [0, 0.1) is 0 Å². The third-order valence-electron chi connectivity index (χ3n) is 4.74. The number of aliphatic hydroxyl groups is 1. The average Bonchev–Trinajstić information content (AvgIpc) is 3.20. The molecule has 1 aliphatic heterocycles. The minimum atomic E-state index is -4.39. The molecule has 134 valence electrons. The molecule has 1 aromatic carbocycles. The molecule has 1 saturated carbocycles. The van der Waals surface area contributed by atoms with E-state index in [1.54, 1.807) is 6.07 Å². The molecule has 0 radical (unpaired) electrons. The summed E-state index contributed by atoms with van der Waals surface area (Å²) in [5.74, 6) is 1.51. The van der Waals surface area contributed by atoms with Gasteiger partial charge in [0.25, 0.3) is 0 Å². The Balaban J connectivity index is 1.54. The molecule has 1 aliphatic carbocycles. The largest absolute Gasteiger partial charge is 0.416 e. The summed E-state index contributed by atoms with van der Waals surface area (Å²) in [6.45, 7) is 0.680. The molecular weight excluding hydrogens is 335 g/mol. The van der Waals surface area contributed by atoms with Crippen LogP contribution in [0.3, 0.4) is 0 Å². The molecule has 1 N–H and O–H groups in total. The third kappa shape index (κ3) is 3.55. The summed E-state index contributed by atoms with van der Waals surface area (Å²) < 4.78 is 44.2. The number of nitrogens with zero attached hydrogens (tertiary/aromatic N) is 3. The molecule has 5 nitrogen and oxygen atoms in total. The van der Waals surface area contributed by atoms with Gasteiger partial charge in [0.15, 0.2) is 5.82 Å². The van der Waals surface area contributed by atoms with Crippen molar-refractivity contribution in [2.45, 2.75) is 50.0 Å². The van der Waals surface area contributed by atoms with E-state index in [0.29, 0.717) is 42.7 Å². The first-order chi connectivity index (χ1) is 11.9. The number of hydrogen-bond acceptors (Lipinski definition) is 5. The van der Waals surface area contributed by atoms with Crippen molar-refractivity contribution in [1.82, 2.24) is 15.0 Å². The standard InChI is InChI=1S/C17H18F3N3O2/c18-17(19,20)12-3-1-2-11(6-12)14-7-13(24)8-23(14)9-15-21-16(22-25-15)10-4-5-10/h1-3,6,10,13-14,24H,4-5,7-9H2/t13-,14+/m1/s1. The minimum absolute atomic E-state index is 0.312. The molecule has 8 heteroatoms. The Bertz CT molecular complexity index is 758. The van der Waals surface area contributed by atoms with E-state index >= 15 is 0 Å². The van der Waals surface area contributed by atoms with Gasteiger partial charge in [-0.1, -0.05) is 17.3 Å². The number of benzene rings is 1. The van der Waals surface area contributed by atoms with Gasteiger partial charge in [0.1, 0.15) is 0 Å². The number of halogens is 3. The smallest absolute Gasteiger partial charge is 0.392 e. The van der Waals surface area contributed by atoms with Crippen LogP contribution in [0.4, 0.5) is 13.2 Å². The fourth-order valence-corrected chi connectivity index (χ4v) is 3.34. The zero-order valence-corrected chi connectivity index (χ0v) is 13.4. The van der Waals surface area contributed by atoms with Gasteiger partial charge in [-0.3, -0.25) is 4.90 Å². The van der Waals surface area contributed by atoms with Gasteiger partial charge >= 0.3 is 6.18 Å². The van der Waals surface area contributed by atoms with Crippen LogP contribution < -0.4 is 0 Å². The summed E-state index contributed by atoms with van der Waals surface area (Å²) in [5, 5.41) is 14.0. The lowest BCUT2D eigenvalue weighted by molar-refractivity contribution is -0.137. The summed E-state index contributed by atoms with van der Waals surface area (Å²) >= 11 is 0. The van der Waals surface area contributed by atoms with Gasteiger partial charge in [-0.15, -0.1) is 0 Å². The van der Waals surface area contributed by atoms with Gasteiger partial charge in [-0.05, 0) is 37.0 Å². The molecule has 2 heterocycles. The number of rotatable bonds is 4. The molecule has 2 fully saturated rings. The van der Waals surface area contributed by atoms with Crippen molar-refractivity contribution in [3.8, 4) is 0 Å². The highest BCUT2D eigenvalue weighted by Crippen LogP contribution is 2.39. The van der Waals surface area contributed by atoms with E-state index in [4.69, 9.17) is 4.52 Å². The van der Waals surface area contributed by atoms with Crippen molar-refractivity contribution in [2.24, 2.45) is 0 Å². The topological polar surface area (TPSA) is 62.4 Å². The normalized spacial score (nSPS) is 24.8. The van der Waals surface area contributed by atoms with Crippen molar-refractivity contribution in [3.05, 3.63) is 47.1 Å². The second-order valence-corrected chi connectivity index (χ2v) is 6.78. The van der Waals surface area contributed by atoms with Gasteiger partial charge in [-0.25, -0.2) is 0 Å². The maximum absolute atomic E-state index is 13.0. The molecule has 0 bridgehead atoms. The van der Waals surface area contributed by atoms with Gasteiger partial charge < -0.3 is 9.63 Å². The maximum atomic E-state index is 13.0. The molecule has 0 amide bonds. The van der Waals surface area contributed by atoms with E-state index in [-0.39, 0.29) is 6.04 Å². The van der Waals surface area contributed by atoms with E-state index in [1.807, 2.05) is 4.90 Å². The quantitative estimate of drug-likeness (QED) is 0.914. The van der Waals surface area contributed by atoms with E-state index in [0.717, 1.165) is 25.0 Å². The highest BCUT2D eigenvalue weighted by molar-refractivity contribution is 5.29. The SMILES string of the molecule is O[C@@H]1C[C@@H](c2cccc(C(F)(F)F)c2)N(Cc2nc(C3CC3)no2)C1. The van der Waals surface area contributed by atoms with Crippen LogP contribution in [-0.2, 0) is 12.7 Å². The number of likely N-dealkylation sites (tertiary alicyclic amines) is 1. The second kappa shape index (κ2) is 6.10. The van der Waals surface area contributed by atoms with Gasteiger partial charge in [-0.2, -0.15) is 18.2 Å². The number of hydrogen-bond donors (Lipinski definition) is 1. The minimum Gasteiger partial charge on any atom is -0.392 e. The van der Waals surface area contributed by atoms with Crippen LogP contribution in [0.1, 0.15) is 54.1 Å². The Morgan fingerprint density at radius 3 is 2.80 bits per heavy atom. The third-order valence-corrected chi connectivity index (χ3v) is 4.74. The van der Waals surface area contributed by atoms with Crippen molar-refractivity contribution >= 4 is 0 Å². The Labute approximate surface area is 142 Å². The fourth-order valence-electron chi connectivity index (χ4n) is 3.34. The molecule has 1 aromatic heterocycles. The van der Waals surface area contributed by atoms with Crippen LogP contribution >= 0.6 is 0 Å². The Morgan fingerprint density at radius 1 is 1.28 bits per heavy atom. The van der Waals surface area contributed by atoms with Crippen molar-refractivity contribution in [2.75, 3.05) is 6.54 Å². The zero-order valence-electron chi connectivity index (χ0n) is 13.4. The maximum Gasteiger partial charge on any atom is 0.416 e. The van der Waals surface area contributed by atoms with Crippen LogP contribution in [0.2, 0.25) is 0 Å². The lowest BCUT2D eigenvalue weighted by atomic mass is 10.0. The van der Waals surface area contributed by atoms with Crippen LogP contribution in [0.25, 0.3) is 0 Å². The predicted molar refractivity (Wildman–Crippen MR) is 81.5 cm³/mol. The Hall–Kier alpha value is -1.93. The van der Waals surface area contributed by atoms with E-state index in [2.05, 4.69) is 10.1 Å². The first-order valence-electron chi connectivity index (χ1n) is 8.32. The lowest BCUT2D eigenvalue weighted by Gasteiger charge is -2.23. The van der Waals surface area contributed by atoms with Gasteiger partial charge in [0.05, 0.1) is 18.2 Å². The van der Waals surface area contributed by atoms with Crippen LogP contribution in [0.15, 0.2) is 28.8 Å². The Kier molecular flexibility index (Phi) is 4.04. The lowest BCUT2D eigenvalue weighted by Crippen LogP contribution is -2.24. The molecule has 0 spiro atoms. The summed E-state index contributed by atoms with van der Waals surface area (Å²) in [6.07, 6.45) is -2.47. The van der Waals surface area contributed by atoms with E-state index < -0.39 is 17.8 Å². The summed E-state index contributed by atoms with van der Waals surface area (Å²) in [5.41, 5.74) is -0.145. The molecule has 1 saturated heterocycles. The van der Waals surface area contributed by atoms with E-state index in [9.17, 15) is 18.3 Å². The molecule has 2 atom stereocenters. The average molecular weight is 353 g/mol. The summed E-state index contributed by atoms with van der Waals surface area (Å²) in [7, 11) is 0. The monoisotopic (exact) mass is 353 g/mol. The van der Waals surface area contributed by atoms with Crippen molar-refractivity contribution in [3.63, 3.8) is 0 Å². The second-order valence-electron chi connectivity index (χ2n) is 6.78. The predicted octanol–water partition coefficient (Wildman–Crippen LogP) is 3.27. The highest BCUT2D eigenvalue weighted by Gasteiger charge is 2.36. The van der Waals surface area contributed by atoms with Crippen LogP contribution in [0.5, 0.6) is 0 Å². The van der Waals surface area contributed by atoms with Gasteiger partial charge in [0.2, 0.25) is 5.89 Å². The molecule has 4 rings (SSSR count). The molecule has 2 aromatic rings. The van der Waals surface area contributed by atoms with Crippen LogP contribution in [-0.4, -0.2) is 32.8 Å².